The molecule has 0 spiro atoms. The van der Waals surface area contributed by atoms with Gasteiger partial charge >= 0.3 is 0 Å². The summed E-state index contributed by atoms with van der Waals surface area (Å²) in [6.07, 6.45) is 0.755. The van der Waals surface area contributed by atoms with Crippen molar-refractivity contribution in [2.75, 3.05) is 0 Å². The summed E-state index contributed by atoms with van der Waals surface area (Å²) in [6, 6.07) is 17.0. The van der Waals surface area contributed by atoms with Crippen LogP contribution >= 0.6 is 0 Å². The minimum absolute atomic E-state index is 0.116. The maximum absolute atomic E-state index is 12.2. The van der Waals surface area contributed by atoms with Crippen LogP contribution in [0.25, 0.3) is 0 Å². The van der Waals surface area contributed by atoms with Gasteiger partial charge in [0.15, 0.2) is 0 Å². The largest absolute Gasteiger partial charge is 0.347 e. The van der Waals surface area contributed by atoms with Crippen LogP contribution in [0.3, 0.4) is 0 Å². The molecule has 1 amide bonds. The lowest BCUT2D eigenvalue weighted by Crippen LogP contribution is -2.40. The highest BCUT2D eigenvalue weighted by atomic mass is 16.1. The van der Waals surface area contributed by atoms with Gasteiger partial charge in [0.05, 0.1) is 0 Å². The van der Waals surface area contributed by atoms with Crippen molar-refractivity contribution in [2.24, 2.45) is 0 Å². The second-order valence-corrected chi connectivity index (χ2v) is 6.78. The van der Waals surface area contributed by atoms with E-state index in [2.05, 4.69) is 5.32 Å². The van der Waals surface area contributed by atoms with Crippen LogP contribution in [0.2, 0.25) is 0 Å². The van der Waals surface area contributed by atoms with Gasteiger partial charge in [-0.05, 0) is 44.0 Å². The molecule has 3 heteroatoms. The fourth-order valence-electron chi connectivity index (χ4n) is 2.35. The van der Waals surface area contributed by atoms with Crippen molar-refractivity contribution in [2.45, 2.75) is 39.2 Å². The second-order valence-electron chi connectivity index (χ2n) is 6.78. The second kappa shape index (κ2) is 7.23. The Morgan fingerprint density at radius 1 is 0.870 bits per heavy atom. The molecule has 0 aliphatic heterocycles. The Hall–Kier alpha value is -2.42. The number of hydrogen-bond acceptors (Lipinski definition) is 2. The molecule has 2 aromatic rings. The summed E-state index contributed by atoms with van der Waals surface area (Å²) in [5.74, 6) is 0.0273. The molecule has 0 bridgehead atoms. The number of amides is 1. The van der Waals surface area contributed by atoms with Gasteiger partial charge in [-0.3, -0.25) is 9.59 Å². The molecule has 0 radical (unpaired) electrons. The number of benzene rings is 2. The van der Waals surface area contributed by atoms with Gasteiger partial charge in [0, 0.05) is 23.9 Å². The van der Waals surface area contributed by atoms with Crippen LogP contribution in [0.15, 0.2) is 54.6 Å². The van der Waals surface area contributed by atoms with Crippen molar-refractivity contribution in [1.29, 1.82) is 0 Å². The summed E-state index contributed by atoms with van der Waals surface area (Å²) in [5, 5.41) is 2.93. The zero-order valence-electron chi connectivity index (χ0n) is 13.9. The van der Waals surface area contributed by atoms with Gasteiger partial charge in [-0.15, -0.1) is 0 Å². The molecule has 0 fully saturated rings. The van der Waals surface area contributed by atoms with Crippen molar-refractivity contribution < 1.29 is 9.59 Å². The molecule has 2 aromatic carbocycles. The Kier molecular flexibility index (Phi) is 5.32. The van der Waals surface area contributed by atoms with E-state index in [1.54, 1.807) is 12.1 Å². The first-order valence-electron chi connectivity index (χ1n) is 7.80. The first-order valence-corrected chi connectivity index (χ1v) is 7.80. The number of carbonyl (C=O) groups is 2. The zero-order chi connectivity index (χ0) is 16.9. The first-order chi connectivity index (χ1) is 10.8. The Morgan fingerprint density at radius 3 is 2.13 bits per heavy atom. The molecule has 1 N–H and O–H groups in total. The van der Waals surface area contributed by atoms with E-state index >= 15 is 0 Å². The average Bonchev–Trinajstić information content (AvgIpc) is 2.46. The van der Waals surface area contributed by atoms with Crippen molar-refractivity contribution in [3.05, 3.63) is 71.3 Å². The zero-order valence-corrected chi connectivity index (χ0v) is 13.9. The Labute approximate surface area is 137 Å². The molecule has 0 aliphatic rings. The molecule has 0 aromatic heterocycles. The SMILES string of the molecule is CC(C)(C)NC(=O)c1cccc(CC(=O)Cc2ccccc2)c1. The summed E-state index contributed by atoms with van der Waals surface area (Å²) >= 11 is 0. The van der Waals surface area contributed by atoms with E-state index < -0.39 is 0 Å². The van der Waals surface area contributed by atoms with E-state index in [0.29, 0.717) is 18.4 Å². The van der Waals surface area contributed by atoms with Crippen LogP contribution in [0.4, 0.5) is 0 Å². The third-order valence-corrected chi connectivity index (χ3v) is 3.32. The molecule has 3 nitrogen and oxygen atoms in total. The Bertz CT molecular complexity index is 684. The number of ketones is 1. The van der Waals surface area contributed by atoms with E-state index in [-0.39, 0.29) is 17.2 Å². The van der Waals surface area contributed by atoms with Crippen molar-refractivity contribution in [3.63, 3.8) is 0 Å². The summed E-state index contributed by atoms with van der Waals surface area (Å²) in [6.45, 7) is 5.83. The first kappa shape index (κ1) is 16.9. The Morgan fingerprint density at radius 2 is 1.48 bits per heavy atom. The topological polar surface area (TPSA) is 46.2 Å². The fraction of sp³-hybridized carbons (Fsp3) is 0.300. The smallest absolute Gasteiger partial charge is 0.251 e. The van der Waals surface area contributed by atoms with Crippen LogP contribution < -0.4 is 5.32 Å². The standard InChI is InChI=1S/C20H23NO2/c1-20(2,3)21-19(23)17-11-7-10-16(12-17)14-18(22)13-15-8-5-4-6-9-15/h4-12H,13-14H2,1-3H3,(H,21,23). The quantitative estimate of drug-likeness (QED) is 0.918. The fourth-order valence-corrected chi connectivity index (χ4v) is 2.35. The van der Waals surface area contributed by atoms with Crippen LogP contribution in [-0.4, -0.2) is 17.2 Å². The van der Waals surface area contributed by atoms with Gasteiger partial charge in [0.25, 0.3) is 5.91 Å². The lowest BCUT2D eigenvalue weighted by Gasteiger charge is -2.20. The van der Waals surface area contributed by atoms with E-state index in [1.165, 1.54) is 0 Å². The highest BCUT2D eigenvalue weighted by Crippen LogP contribution is 2.10. The number of rotatable bonds is 5. The van der Waals surface area contributed by atoms with E-state index in [4.69, 9.17) is 0 Å². The van der Waals surface area contributed by atoms with E-state index in [9.17, 15) is 9.59 Å². The molecule has 0 saturated carbocycles. The van der Waals surface area contributed by atoms with Gasteiger partial charge in [-0.25, -0.2) is 0 Å². The number of hydrogen-bond donors (Lipinski definition) is 1. The van der Waals surface area contributed by atoms with E-state index in [1.807, 2.05) is 63.2 Å². The van der Waals surface area contributed by atoms with E-state index in [0.717, 1.165) is 11.1 Å². The van der Waals surface area contributed by atoms with Gasteiger partial charge in [-0.2, -0.15) is 0 Å². The lowest BCUT2D eigenvalue weighted by molar-refractivity contribution is -0.117. The van der Waals surface area contributed by atoms with Gasteiger partial charge in [0.1, 0.15) is 5.78 Å². The third kappa shape index (κ3) is 5.70. The third-order valence-electron chi connectivity index (χ3n) is 3.32. The molecular weight excluding hydrogens is 286 g/mol. The van der Waals surface area contributed by atoms with Crippen LogP contribution in [0, 0.1) is 0 Å². The van der Waals surface area contributed by atoms with Crippen LogP contribution in [0.5, 0.6) is 0 Å². The normalized spacial score (nSPS) is 11.1. The number of nitrogens with one attached hydrogen (secondary N) is 1. The number of carbonyl (C=O) groups excluding carboxylic acids is 2. The van der Waals surface area contributed by atoms with Crippen molar-refractivity contribution in [1.82, 2.24) is 5.32 Å². The highest BCUT2D eigenvalue weighted by molar-refractivity contribution is 5.95. The maximum atomic E-state index is 12.2. The molecule has 0 atom stereocenters. The predicted octanol–water partition coefficient (Wildman–Crippen LogP) is 3.57. The van der Waals surface area contributed by atoms with Crippen LogP contribution in [-0.2, 0) is 17.6 Å². The molecular formula is C20H23NO2. The summed E-state index contributed by atoms with van der Waals surface area (Å²) in [4.78, 5) is 24.4. The molecule has 0 saturated heterocycles. The lowest BCUT2D eigenvalue weighted by atomic mass is 10.0. The molecule has 0 heterocycles. The van der Waals surface area contributed by atoms with Crippen molar-refractivity contribution >= 4 is 11.7 Å². The number of Topliss-reactive ketones (excluding diaryl/α,β-unsaturated/α-hetero) is 1. The summed E-state index contributed by atoms with van der Waals surface area (Å²) in [7, 11) is 0. The Balaban J connectivity index is 2.02. The minimum atomic E-state index is -0.282. The average molecular weight is 309 g/mol. The molecule has 0 aliphatic carbocycles. The van der Waals surface area contributed by atoms with Gasteiger partial charge < -0.3 is 5.32 Å². The predicted molar refractivity (Wildman–Crippen MR) is 92.5 cm³/mol. The van der Waals surface area contributed by atoms with Crippen molar-refractivity contribution in [3.8, 4) is 0 Å². The maximum Gasteiger partial charge on any atom is 0.251 e. The van der Waals surface area contributed by atoms with Crippen LogP contribution in [0.1, 0.15) is 42.3 Å². The summed E-state index contributed by atoms with van der Waals surface area (Å²) in [5.41, 5.74) is 2.19. The monoisotopic (exact) mass is 309 g/mol. The molecule has 0 unspecified atom stereocenters. The molecule has 23 heavy (non-hydrogen) atoms. The van der Waals surface area contributed by atoms with Gasteiger partial charge in [-0.1, -0.05) is 42.5 Å². The highest BCUT2D eigenvalue weighted by Gasteiger charge is 2.15. The summed E-state index contributed by atoms with van der Waals surface area (Å²) < 4.78 is 0. The molecule has 120 valence electrons. The molecule has 2 rings (SSSR count). The minimum Gasteiger partial charge on any atom is -0.347 e. The van der Waals surface area contributed by atoms with Gasteiger partial charge in [0.2, 0.25) is 0 Å².